The first kappa shape index (κ1) is 23.6. The molecule has 34 heavy (non-hydrogen) atoms. The van der Waals surface area contributed by atoms with Gasteiger partial charge in [0, 0.05) is 50.8 Å². The Kier molecular flexibility index (Phi) is 6.49. The number of nitriles is 1. The summed E-state index contributed by atoms with van der Waals surface area (Å²) in [7, 11) is 0. The summed E-state index contributed by atoms with van der Waals surface area (Å²) in [5.74, 6) is -2.95. The average molecular weight is 465 g/mol. The minimum atomic E-state index is -2.95. The van der Waals surface area contributed by atoms with Crippen molar-refractivity contribution in [3.63, 3.8) is 0 Å². The van der Waals surface area contributed by atoms with Gasteiger partial charge in [-0.3, -0.25) is 18.8 Å². The second kappa shape index (κ2) is 9.35. The number of hydrogen-bond acceptors (Lipinski definition) is 4. The van der Waals surface area contributed by atoms with Crippen LogP contribution in [0.4, 0.5) is 8.78 Å². The Bertz CT molecular complexity index is 1360. The van der Waals surface area contributed by atoms with Crippen molar-refractivity contribution < 1.29 is 8.78 Å². The Morgan fingerprint density at radius 1 is 1.03 bits per heavy atom. The minimum absolute atomic E-state index is 0.0186. The van der Waals surface area contributed by atoms with Gasteiger partial charge in [-0.1, -0.05) is 36.4 Å². The summed E-state index contributed by atoms with van der Waals surface area (Å²) >= 11 is 0. The van der Waals surface area contributed by atoms with Crippen molar-refractivity contribution in [3.8, 4) is 6.07 Å². The van der Waals surface area contributed by atoms with Crippen molar-refractivity contribution in [2.24, 2.45) is 0 Å². The molecule has 0 atom stereocenters. The normalized spacial score (nSPS) is 14.0. The molecular weight excluding hydrogens is 438 g/mol. The molecule has 0 spiro atoms. The standard InChI is InChI=1S/C26H26F2N4O2/c1-3-31-23-11-12-30(15-20-6-4-5-19(13-20)14-29)17-22(23)24(33)32(25(31)34)16-18-7-9-21(10-8-18)26(2,27)28/h4-10,13H,3,11-12,15-17H2,1-2H3. The van der Waals surface area contributed by atoms with Gasteiger partial charge in [0.15, 0.2) is 0 Å². The van der Waals surface area contributed by atoms with Crippen LogP contribution >= 0.6 is 0 Å². The van der Waals surface area contributed by atoms with Crippen LogP contribution in [0.2, 0.25) is 0 Å². The van der Waals surface area contributed by atoms with Crippen LogP contribution in [0.1, 0.15) is 47.4 Å². The predicted molar refractivity (Wildman–Crippen MR) is 125 cm³/mol. The highest BCUT2D eigenvalue weighted by Crippen LogP contribution is 2.27. The molecule has 0 saturated heterocycles. The van der Waals surface area contributed by atoms with Gasteiger partial charge in [-0.25, -0.2) is 13.6 Å². The molecule has 3 aromatic rings. The zero-order valence-corrected chi connectivity index (χ0v) is 19.2. The van der Waals surface area contributed by atoms with Gasteiger partial charge in [-0.2, -0.15) is 5.26 Å². The van der Waals surface area contributed by atoms with E-state index in [1.807, 2.05) is 25.1 Å². The molecule has 0 radical (unpaired) electrons. The fourth-order valence-electron chi connectivity index (χ4n) is 4.49. The lowest BCUT2D eigenvalue weighted by Crippen LogP contribution is -2.47. The molecule has 1 aliphatic rings. The lowest BCUT2D eigenvalue weighted by atomic mass is 10.0. The van der Waals surface area contributed by atoms with E-state index in [1.165, 1.54) is 28.8 Å². The van der Waals surface area contributed by atoms with Crippen LogP contribution in [-0.4, -0.2) is 20.6 Å². The van der Waals surface area contributed by atoms with Gasteiger partial charge in [-0.05, 0) is 30.2 Å². The van der Waals surface area contributed by atoms with Gasteiger partial charge in [0.05, 0.1) is 23.7 Å². The summed E-state index contributed by atoms with van der Waals surface area (Å²) < 4.78 is 29.9. The van der Waals surface area contributed by atoms with Crippen molar-refractivity contribution in [3.05, 3.63) is 103 Å². The largest absolute Gasteiger partial charge is 0.331 e. The summed E-state index contributed by atoms with van der Waals surface area (Å²) in [5, 5.41) is 9.15. The predicted octanol–water partition coefficient (Wildman–Crippen LogP) is 3.62. The highest BCUT2D eigenvalue weighted by molar-refractivity contribution is 5.33. The molecule has 0 amide bonds. The summed E-state index contributed by atoms with van der Waals surface area (Å²) in [4.78, 5) is 28.7. The maximum Gasteiger partial charge on any atom is 0.331 e. The van der Waals surface area contributed by atoms with E-state index < -0.39 is 5.92 Å². The molecule has 0 N–H and O–H groups in total. The van der Waals surface area contributed by atoms with Crippen molar-refractivity contribution >= 4 is 0 Å². The summed E-state index contributed by atoms with van der Waals surface area (Å²) in [5.41, 5.74) is 2.68. The van der Waals surface area contributed by atoms with Crippen LogP contribution < -0.4 is 11.2 Å². The molecular formula is C26H26F2N4O2. The Labute approximate surface area is 196 Å². The molecule has 8 heteroatoms. The summed E-state index contributed by atoms with van der Waals surface area (Å²) in [6.07, 6.45) is 0.576. The first-order valence-electron chi connectivity index (χ1n) is 11.2. The van der Waals surface area contributed by atoms with E-state index in [0.29, 0.717) is 49.3 Å². The summed E-state index contributed by atoms with van der Waals surface area (Å²) in [6, 6.07) is 15.2. The quantitative estimate of drug-likeness (QED) is 0.559. The zero-order chi connectivity index (χ0) is 24.5. The van der Waals surface area contributed by atoms with E-state index >= 15 is 0 Å². The van der Waals surface area contributed by atoms with Gasteiger partial charge in [-0.15, -0.1) is 0 Å². The molecule has 6 nitrogen and oxygen atoms in total. The first-order valence-corrected chi connectivity index (χ1v) is 11.2. The van der Waals surface area contributed by atoms with Crippen LogP contribution in [0.25, 0.3) is 0 Å². The number of benzene rings is 2. The van der Waals surface area contributed by atoms with E-state index in [0.717, 1.165) is 18.2 Å². The SMILES string of the molecule is CCn1c2c(c(=O)n(Cc3ccc(C(C)(F)F)cc3)c1=O)CN(Cc1cccc(C#N)c1)CC2. The van der Waals surface area contributed by atoms with Crippen LogP contribution in [0.5, 0.6) is 0 Å². The number of nitrogens with zero attached hydrogens (tertiary/aromatic N) is 4. The molecule has 0 bridgehead atoms. The first-order chi connectivity index (χ1) is 16.2. The summed E-state index contributed by atoms with van der Waals surface area (Å²) in [6.45, 7) is 4.84. The number of fused-ring (bicyclic) bond motifs is 1. The fourth-order valence-corrected chi connectivity index (χ4v) is 4.49. The Balaban J connectivity index is 1.66. The minimum Gasteiger partial charge on any atom is -0.297 e. The molecule has 1 aromatic heterocycles. The van der Waals surface area contributed by atoms with Crippen molar-refractivity contribution in [1.82, 2.24) is 14.0 Å². The fraction of sp³-hybridized carbons (Fsp3) is 0.346. The number of rotatable bonds is 6. The molecule has 176 valence electrons. The molecule has 1 aliphatic heterocycles. The number of hydrogen-bond donors (Lipinski definition) is 0. The Hall–Kier alpha value is -3.57. The van der Waals surface area contributed by atoms with E-state index in [9.17, 15) is 18.4 Å². The topological polar surface area (TPSA) is 71.0 Å². The lowest BCUT2D eigenvalue weighted by Gasteiger charge is -2.30. The second-order valence-corrected chi connectivity index (χ2v) is 8.70. The third-order valence-corrected chi connectivity index (χ3v) is 6.27. The average Bonchev–Trinajstić information content (AvgIpc) is 2.82. The Morgan fingerprint density at radius 2 is 1.76 bits per heavy atom. The van der Waals surface area contributed by atoms with Crippen LogP contribution in [-0.2, 0) is 38.5 Å². The van der Waals surface area contributed by atoms with E-state index in [-0.39, 0.29) is 23.4 Å². The molecule has 2 heterocycles. The number of aromatic nitrogens is 2. The van der Waals surface area contributed by atoms with Gasteiger partial charge < -0.3 is 0 Å². The second-order valence-electron chi connectivity index (χ2n) is 8.70. The molecule has 0 saturated carbocycles. The van der Waals surface area contributed by atoms with E-state index in [4.69, 9.17) is 5.26 Å². The monoisotopic (exact) mass is 464 g/mol. The zero-order valence-electron chi connectivity index (χ0n) is 19.2. The van der Waals surface area contributed by atoms with Crippen LogP contribution in [0.3, 0.4) is 0 Å². The Morgan fingerprint density at radius 3 is 2.41 bits per heavy atom. The highest BCUT2D eigenvalue weighted by atomic mass is 19.3. The lowest BCUT2D eigenvalue weighted by molar-refractivity contribution is 0.0174. The smallest absolute Gasteiger partial charge is 0.297 e. The maximum absolute atomic E-state index is 13.5. The third-order valence-electron chi connectivity index (χ3n) is 6.27. The molecule has 0 fully saturated rings. The maximum atomic E-state index is 13.5. The van der Waals surface area contributed by atoms with Gasteiger partial charge >= 0.3 is 5.69 Å². The molecule has 4 rings (SSSR count). The van der Waals surface area contributed by atoms with Crippen LogP contribution in [0, 0.1) is 11.3 Å². The van der Waals surface area contributed by atoms with Crippen LogP contribution in [0.15, 0.2) is 58.1 Å². The van der Waals surface area contributed by atoms with Gasteiger partial charge in [0.2, 0.25) is 0 Å². The van der Waals surface area contributed by atoms with E-state index in [1.54, 1.807) is 10.6 Å². The number of halogens is 2. The van der Waals surface area contributed by atoms with E-state index in [2.05, 4.69) is 11.0 Å². The van der Waals surface area contributed by atoms with Gasteiger partial charge in [0.25, 0.3) is 11.5 Å². The molecule has 2 aromatic carbocycles. The van der Waals surface area contributed by atoms with Crippen molar-refractivity contribution in [2.75, 3.05) is 6.54 Å². The molecule has 0 aliphatic carbocycles. The third kappa shape index (κ3) is 4.70. The molecule has 0 unspecified atom stereocenters. The number of alkyl halides is 2. The highest BCUT2D eigenvalue weighted by Gasteiger charge is 2.26. The van der Waals surface area contributed by atoms with Gasteiger partial charge in [0.1, 0.15) is 0 Å². The van der Waals surface area contributed by atoms with Crippen molar-refractivity contribution in [2.45, 2.75) is 52.4 Å². The van der Waals surface area contributed by atoms with Crippen molar-refractivity contribution in [1.29, 1.82) is 5.26 Å².